The van der Waals surface area contributed by atoms with E-state index in [2.05, 4.69) is 20.3 Å². The highest BCUT2D eigenvalue weighted by atomic mass is 16.2. The highest BCUT2D eigenvalue weighted by Gasteiger charge is 2.27. The fourth-order valence-electron chi connectivity index (χ4n) is 3.60. The molecule has 1 aliphatic heterocycles. The Morgan fingerprint density at radius 2 is 1.68 bits per heavy atom. The van der Waals surface area contributed by atoms with Gasteiger partial charge in [-0.3, -0.25) is 14.3 Å². The van der Waals surface area contributed by atoms with Gasteiger partial charge < -0.3 is 10.2 Å². The zero-order chi connectivity index (χ0) is 19.8. The van der Waals surface area contributed by atoms with Gasteiger partial charge in [0.15, 0.2) is 11.6 Å². The molecule has 144 valence electrons. The summed E-state index contributed by atoms with van der Waals surface area (Å²) in [5, 5.41) is 6.92. The molecule has 0 atom stereocenters. The number of fused-ring (bicyclic) bond motifs is 1. The molecule has 1 fully saturated rings. The Morgan fingerprint density at radius 3 is 2.29 bits per heavy atom. The lowest BCUT2D eigenvalue weighted by atomic mass is 10.1. The van der Waals surface area contributed by atoms with Gasteiger partial charge in [0.25, 0.3) is 11.7 Å². The number of hydrogen-bond acceptors (Lipinski definition) is 6. The molecule has 3 heterocycles. The van der Waals surface area contributed by atoms with E-state index < -0.39 is 11.7 Å². The first-order valence-corrected chi connectivity index (χ1v) is 9.33. The van der Waals surface area contributed by atoms with Crippen molar-refractivity contribution in [3.05, 3.63) is 41.2 Å². The number of ketones is 1. The Morgan fingerprint density at radius 1 is 1.04 bits per heavy atom. The van der Waals surface area contributed by atoms with Gasteiger partial charge in [-0.05, 0) is 38.8 Å². The van der Waals surface area contributed by atoms with Crippen molar-refractivity contribution in [2.75, 3.05) is 23.3 Å². The van der Waals surface area contributed by atoms with Gasteiger partial charge in [-0.1, -0.05) is 12.1 Å². The van der Waals surface area contributed by atoms with Gasteiger partial charge in [-0.2, -0.15) is 5.10 Å². The van der Waals surface area contributed by atoms with E-state index in [4.69, 9.17) is 4.98 Å². The van der Waals surface area contributed by atoms with Gasteiger partial charge in [-0.25, -0.2) is 9.97 Å². The van der Waals surface area contributed by atoms with Crippen LogP contribution in [0.15, 0.2) is 24.3 Å². The average molecular weight is 378 g/mol. The molecule has 8 heteroatoms. The van der Waals surface area contributed by atoms with Crippen molar-refractivity contribution in [3.63, 3.8) is 0 Å². The molecule has 1 amide bonds. The third-order valence-electron chi connectivity index (χ3n) is 5.13. The molecule has 4 rings (SSSR count). The Balaban J connectivity index is 1.70. The summed E-state index contributed by atoms with van der Waals surface area (Å²) in [6.45, 7) is 5.19. The normalized spacial score (nSPS) is 13.9. The largest absolute Gasteiger partial charge is 0.354 e. The first kappa shape index (κ1) is 18.1. The van der Waals surface area contributed by atoms with Crippen molar-refractivity contribution in [2.45, 2.75) is 26.7 Å². The van der Waals surface area contributed by atoms with Crippen LogP contribution < -0.4 is 10.2 Å². The summed E-state index contributed by atoms with van der Waals surface area (Å²) in [5.41, 5.74) is 2.94. The molecule has 8 nitrogen and oxygen atoms in total. The van der Waals surface area contributed by atoms with E-state index in [1.807, 2.05) is 24.3 Å². The highest BCUT2D eigenvalue weighted by molar-refractivity contribution is 6.47. The summed E-state index contributed by atoms with van der Waals surface area (Å²) in [4.78, 5) is 36.9. The lowest BCUT2D eigenvalue weighted by Crippen LogP contribution is -2.27. The number of aryl methyl sites for hydroxylation is 2. The molecule has 2 aromatic heterocycles. The van der Waals surface area contributed by atoms with E-state index in [1.165, 1.54) is 0 Å². The van der Waals surface area contributed by atoms with Crippen molar-refractivity contribution in [3.8, 4) is 0 Å². The predicted molar refractivity (Wildman–Crippen MR) is 107 cm³/mol. The third-order valence-corrected chi connectivity index (χ3v) is 5.13. The number of hydrogen-bond donors (Lipinski definition) is 1. The number of anilines is 2. The molecule has 0 saturated carbocycles. The maximum atomic E-state index is 12.8. The van der Waals surface area contributed by atoms with E-state index in [-0.39, 0.29) is 0 Å². The van der Waals surface area contributed by atoms with Crippen LogP contribution in [0.3, 0.4) is 0 Å². The van der Waals surface area contributed by atoms with Gasteiger partial charge in [0.05, 0.1) is 22.3 Å². The number of nitrogens with zero attached hydrogens (tertiary/aromatic N) is 5. The Hall–Kier alpha value is -3.29. The first-order valence-electron chi connectivity index (χ1n) is 9.33. The number of benzene rings is 1. The number of aromatic nitrogens is 4. The predicted octanol–water partition coefficient (Wildman–Crippen LogP) is 2.40. The van der Waals surface area contributed by atoms with Gasteiger partial charge in [0.1, 0.15) is 0 Å². The van der Waals surface area contributed by atoms with Crippen LogP contribution in [0.2, 0.25) is 0 Å². The molecule has 0 radical (unpaired) electrons. The average Bonchev–Trinajstić information content (AvgIpc) is 3.29. The zero-order valence-electron chi connectivity index (χ0n) is 16.2. The second-order valence-corrected chi connectivity index (χ2v) is 7.03. The molecule has 1 aromatic carbocycles. The topological polar surface area (TPSA) is 93.0 Å². The number of carbonyl (C=O) groups excluding carboxylic acids is 2. The zero-order valence-corrected chi connectivity index (χ0v) is 16.2. The van der Waals surface area contributed by atoms with Crippen molar-refractivity contribution in [2.24, 2.45) is 7.05 Å². The van der Waals surface area contributed by atoms with Gasteiger partial charge in [0.2, 0.25) is 0 Å². The molecular weight excluding hydrogens is 356 g/mol. The molecular formula is C20H22N6O2. The minimum absolute atomic E-state index is 0.318. The van der Waals surface area contributed by atoms with Crippen LogP contribution in [0.5, 0.6) is 0 Å². The van der Waals surface area contributed by atoms with Crippen LogP contribution in [0.25, 0.3) is 11.0 Å². The van der Waals surface area contributed by atoms with E-state index >= 15 is 0 Å². The lowest BCUT2D eigenvalue weighted by Gasteiger charge is -2.20. The van der Waals surface area contributed by atoms with Crippen LogP contribution >= 0.6 is 0 Å². The SMILES string of the molecule is Cc1nn(C)c(C)c1C(=O)C(=O)Nc1nc2ccccc2nc1N1CCCC1. The monoisotopic (exact) mass is 378 g/mol. The quantitative estimate of drug-likeness (QED) is 0.554. The Labute approximate surface area is 162 Å². The summed E-state index contributed by atoms with van der Waals surface area (Å²) in [5.74, 6) is -0.426. The summed E-state index contributed by atoms with van der Waals surface area (Å²) in [6, 6.07) is 7.50. The summed E-state index contributed by atoms with van der Waals surface area (Å²) in [6.07, 6.45) is 2.13. The van der Waals surface area contributed by atoms with E-state index in [0.29, 0.717) is 34.1 Å². The van der Waals surface area contributed by atoms with Crippen molar-refractivity contribution >= 4 is 34.4 Å². The minimum atomic E-state index is -0.732. The standard InChI is InChI=1S/C20H22N6O2/c1-12-16(13(2)25(3)24-12)17(27)20(28)23-18-19(26-10-6-7-11-26)22-15-9-5-4-8-14(15)21-18/h4-5,8-9H,6-7,10-11H2,1-3H3,(H,21,23,28). The van der Waals surface area contributed by atoms with Gasteiger partial charge in [-0.15, -0.1) is 0 Å². The molecule has 0 spiro atoms. The van der Waals surface area contributed by atoms with Crippen LogP contribution in [0, 0.1) is 13.8 Å². The number of Topliss-reactive ketones (excluding diaryl/α,β-unsaturated/α-hetero) is 1. The molecule has 1 saturated heterocycles. The number of amides is 1. The van der Waals surface area contributed by atoms with Crippen LogP contribution in [-0.4, -0.2) is 44.5 Å². The van der Waals surface area contributed by atoms with Crippen LogP contribution in [-0.2, 0) is 11.8 Å². The van der Waals surface area contributed by atoms with Crippen LogP contribution in [0.1, 0.15) is 34.6 Å². The molecule has 0 unspecified atom stereocenters. The number of para-hydroxylation sites is 2. The molecule has 1 N–H and O–H groups in total. The van der Waals surface area contributed by atoms with E-state index in [9.17, 15) is 9.59 Å². The number of nitrogens with one attached hydrogen (secondary N) is 1. The highest BCUT2D eigenvalue weighted by Crippen LogP contribution is 2.28. The van der Waals surface area contributed by atoms with Crippen molar-refractivity contribution in [1.82, 2.24) is 19.7 Å². The van der Waals surface area contributed by atoms with E-state index in [1.54, 1.807) is 25.6 Å². The molecule has 28 heavy (non-hydrogen) atoms. The van der Waals surface area contributed by atoms with Crippen molar-refractivity contribution < 1.29 is 9.59 Å². The maximum Gasteiger partial charge on any atom is 0.298 e. The lowest BCUT2D eigenvalue weighted by molar-refractivity contribution is -0.112. The minimum Gasteiger partial charge on any atom is -0.354 e. The van der Waals surface area contributed by atoms with Crippen LogP contribution in [0.4, 0.5) is 11.6 Å². The summed E-state index contributed by atoms with van der Waals surface area (Å²) in [7, 11) is 1.75. The Bertz CT molecular complexity index is 1080. The first-order chi connectivity index (χ1) is 13.5. The van der Waals surface area contributed by atoms with Gasteiger partial charge in [0, 0.05) is 25.8 Å². The molecule has 0 bridgehead atoms. The fraction of sp³-hybridized carbons (Fsp3) is 0.350. The van der Waals surface area contributed by atoms with E-state index in [0.717, 1.165) is 31.4 Å². The van der Waals surface area contributed by atoms with Gasteiger partial charge >= 0.3 is 0 Å². The molecule has 1 aliphatic rings. The maximum absolute atomic E-state index is 12.8. The Kier molecular flexibility index (Phi) is 4.54. The number of rotatable bonds is 4. The fourth-order valence-corrected chi connectivity index (χ4v) is 3.60. The summed E-state index contributed by atoms with van der Waals surface area (Å²) < 4.78 is 1.60. The second-order valence-electron chi connectivity index (χ2n) is 7.03. The summed E-state index contributed by atoms with van der Waals surface area (Å²) >= 11 is 0. The third kappa shape index (κ3) is 3.11. The molecule has 3 aromatic rings. The molecule has 0 aliphatic carbocycles. The number of carbonyl (C=O) groups is 2. The smallest absolute Gasteiger partial charge is 0.298 e. The second kappa shape index (κ2) is 7.03. The van der Waals surface area contributed by atoms with Crippen molar-refractivity contribution in [1.29, 1.82) is 0 Å².